The molecule has 5 heteroatoms. The standard InChI is InChI=1S/C19H26N4O/c1-13-15(10-21-23(13)19(2,3)4)18(24)22-11-16(17(20)12-22)14-8-6-5-7-9-14/h5-10,16-17H,11-12,20H2,1-4H3/t16-,17+/m0/s1. The summed E-state index contributed by atoms with van der Waals surface area (Å²) in [5.74, 6) is 0.213. The maximum atomic E-state index is 12.9. The van der Waals surface area contributed by atoms with E-state index in [9.17, 15) is 4.79 Å². The van der Waals surface area contributed by atoms with Crippen LogP contribution in [0, 0.1) is 6.92 Å². The maximum absolute atomic E-state index is 12.9. The van der Waals surface area contributed by atoms with E-state index in [-0.39, 0.29) is 23.4 Å². The molecule has 2 N–H and O–H groups in total. The maximum Gasteiger partial charge on any atom is 0.257 e. The summed E-state index contributed by atoms with van der Waals surface area (Å²) in [7, 11) is 0. The Balaban J connectivity index is 1.81. The number of amides is 1. The predicted octanol–water partition coefficient (Wildman–Crippen LogP) is 2.51. The van der Waals surface area contributed by atoms with Gasteiger partial charge in [-0.1, -0.05) is 30.3 Å². The van der Waals surface area contributed by atoms with Gasteiger partial charge in [-0.3, -0.25) is 9.48 Å². The molecule has 1 fully saturated rings. The third kappa shape index (κ3) is 2.96. The number of carbonyl (C=O) groups is 1. The highest BCUT2D eigenvalue weighted by Crippen LogP contribution is 2.28. The molecule has 0 spiro atoms. The van der Waals surface area contributed by atoms with E-state index >= 15 is 0 Å². The first-order chi connectivity index (χ1) is 11.3. The van der Waals surface area contributed by atoms with Crippen LogP contribution < -0.4 is 5.73 Å². The van der Waals surface area contributed by atoms with Crippen LogP contribution in [0.1, 0.15) is 48.3 Å². The molecule has 128 valence electrons. The molecule has 1 aliphatic rings. The van der Waals surface area contributed by atoms with Crippen LogP contribution in [0.4, 0.5) is 0 Å². The Hall–Kier alpha value is -2.14. The van der Waals surface area contributed by atoms with Crippen LogP contribution in [0.15, 0.2) is 36.5 Å². The Morgan fingerprint density at radius 2 is 1.88 bits per heavy atom. The van der Waals surface area contributed by atoms with Gasteiger partial charge >= 0.3 is 0 Å². The molecule has 0 saturated carbocycles. The molecule has 1 aromatic heterocycles. The molecule has 1 amide bonds. The fraction of sp³-hybridized carbons (Fsp3) is 0.474. The first kappa shape index (κ1) is 16.7. The highest BCUT2D eigenvalue weighted by molar-refractivity contribution is 5.95. The third-order valence-corrected chi connectivity index (χ3v) is 4.76. The average molecular weight is 326 g/mol. The Morgan fingerprint density at radius 1 is 1.21 bits per heavy atom. The minimum atomic E-state index is -0.142. The van der Waals surface area contributed by atoms with Crippen LogP contribution in [0.2, 0.25) is 0 Å². The Bertz CT molecular complexity index is 730. The van der Waals surface area contributed by atoms with E-state index in [1.165, 1.54) is 5.56 Å². The molecule has 5 nitrogen and oxygen atoms in total. The lowest BCUT2D eigenvalue weighted by atomic mass is 9.95. The van der Waals surface area contributed by atoms with Crippen LogP contribution >= 0.6 is 0 Å². The topological polar surface area (TPSA) is 64.2 Å². The average Bonchev–Trinajstić information content (AvgIpc) is 3.10. The van der Waals surface area contributed by atoms with Gasteiger partial charge in [-0.25, -0.2) is 0 Å². The zero-order valence-corrected chi connectivity index (χ0v) is 14.9. The number of nitrogens with two attached hydrogens (primary N) is 1. The fourth-order valence-electron chi connectivity index (χ4n) is 3.51. The lowest BCUT2D eigenvalue weighted by Gasteiger charge is -2.22. The summed E-state index contributed by atoms with van der Waals surface area (Å²) in [6.07, 6.45) is 1.68. The molecule has 0 aliphatic carbocycles. The minimum Gasteiger partial charge on any atom is -0.336 e. The smallest absolute Gasteiger partial charge is 0.257 e. The largest absolute Gasteiger partial charge is 0.336 e. The summed E-state index contributed by atoms with van der Waals surface area (Å²) in [4.78, 5) is 14.8. The second-order valence-electron chi connectivity index (χ2n) is 7.62. The molecular formula is C19H26N4O. The van der Waals surface area contributed by atoms with Crippen molar-refractivity contribution in [1.82, 2.24) is 14.7 Å². The number of likely N-dealkylation sites (tertiary alicyclic amines) is 1. The van der Waals surface area contributed by atoms with Gasteiger partial charge in [0.05, 0.1) is 17.3 Å². The normalized spacial score (nSPS) is 21.3. The third-order valence-electron chi connectivity index (χ3n) is 4.76. The van der Waals surface area contributed by atoms with Crippen molar-refractivity contribution >= 4 is 5.91 Å². The number of hydrogen-bond acceptors (Lipinski definition) is 3. The zero-order valence-electron chi connectivity index (χ0n) is 14.9. The van der Waals surface area contributed by atoms with Crippen molar-refractivity contribution in [3.05, 3.63) is 53.3 Å². The fourth-order valence-corrected chi connectivity index (χ4v) is 3.51. The van der Waals surface area contributed by atoms with Gasteiger partial charge in [-0.2, -0.15) is 5.10 Å². The summed E-state index contributed by atoms with van der Waals surface area (Å²) in [6, 6.07) is 10.2. The van der Waals surface area contributed by atoms with E-state index in [0.717, 1.165) is 5.69 Å². The molecule has 0 unspecified atom stereocenters. The SMILES string of the molecule is Cc1c(C(=O)N2C[C@@H](N)[C@H](c3ccccc3)C2)cnn1C(C)(C)C. The predicted molar refractivity (Wildman–Crippen MR) is 95.0 cm³/mol. The second-order valence-corrected chi connectivity index (χ2v) is 7.62. The van der Waals surface area contributed by atoms with Crippen LogP contribution in [0.5, 0.6) is 0 Å². The Morgan fingerprint density at radius 3 is 2.46 bits per heavy atom. The van der Waals surface area contributed by atoms with Gasteiger partial charge in [0.2, 0.25) is 0 Å². The summed E-state index contributed by atoms with van der Waals surface area (Å²) >= 11 is 0. The van der Waals surface area contributed by atoms with E-state index in [0.29, 0.717) is 18.7 Å². The first-order valence-corrected chi connectivity index (χ1v) is 8.44. The number of rotatable bonds is 2. The highest BCUT2D eigenvalue weighted by Gasteiger charge is 2.35. The Labute approximate surface area is 143 Å². The van der Waals surface area contributed by atoms with Crippen LogP contribution in [0.3, 0.4) is 0 Å². The number of hydrogen-bond donors (Lipinski definition) is 1. The van der Waals surface area contributed by atoms with Crippen molar-refractivity contribution in [2.45, 2.75) is 45.2 Å². The lowest BCUT2D eigenvalue weighted by Crippen LogP contribution is -2.32. The molecule has 24 heavy (non-hydrogen) atoms. The molecular weight excluding hydrogens is 300 g/mol. The van der Waals surface area contributed by atoms with Gasteiger partial charge in [0, 0.05) is 30.7 Å². The van der Waals surface area contributed by atoms with E-state index < -0.39 is 0 Å². The van der Waals surface area contributed by atoms with Crippen molar-refractivity contribution in [2.75, 3.05) is 13.1 Å². The van der Waals surface area contributed by atoms with Crippen molar-refractivity contribution in [3.8, 4) is 0 Å². The van der Waals surface area contributed by atoms with Crippen molar-refractivity contribution in [1.29, 1.82) is 0 Å². The summed E-state index contributed by atoms with van der Waals surface area (Å²) in [5, 5.41) is 4.41. The summed E-state index contributed by atoms with van der Waals surface area (Å²) in [6.45, 7) is 9.44. The molecule has 2 aromatic rings. The van der Waals surface area contributed by atoms with E-state index in [1.807, 2.05) is 34.7 Å². The van der Waals surface area contributed by atoms with Crippen molar-refractivity contribution in [2.24, 2.45) is 5.73 Å². The first-order valence-electron chi connectivity index (χ1n) is 8.44. The number of benzene rings is 1. The van der Waals surface area contributed by atoms with Gasteiger partial charge < -0.3 is 10.6 Å². The Kier molecular flexibility index (Phi) is 4.22. The molecule has 0 radical (unpaired) electrons. The van der Waals surface area contributed by atoms with Gasteiger partial charge in [0.25, 0.3) is 5.91 Å². The van der Waals surface area contributed by atoms with Gasteiger partial charge in [0.1, 0.15) is 0 Å². The number of aromatic nitrogens is 2. The van der Waals surface area contributed by atoms with Crippen LogP contribution in [-0.2, 0) is 5.54 Å². The van der Waals surface area contributed by atoms with Gasteiger partial charge in [-0.05, 0) is 33.3 Å². The monoisotopic (exact) mass is 326 g/mol. The molecule has 2 atom stereocenters. The van der Waals surface area contributed by atoms with Gasteiger partial charge in [-0.15, -0.1) is 0 Å². The van der Waals surface area contributed by atoms with Crippen molar-refractivity contribution < 1.29 is 4.79 Å². The van der Waals surface area contributed by atoms with E-state index in [1.54, 1.807) is 6.20 Å². The quantitative estimate of drug-likeness (QED) is 0.922. The lowest BCUT2D eigenvalue weighted by molar-refractivity contribution is 0.0788. The highest BCUT2D eigenvalue weighted by atomic mass is 16.2. The number of nitrogens with zero attached hydrogens (tertiary/aromatic N) is 3. The molecule has 1 saturated heterocycles. The number of carbonyl (C=O) groups excluding carboxylic acids is 1. The summed E-state index contributed by atoms with van der Waals surface area (Å²) in [5.41, 5.74) is 8.95. The van der Waals surface area contributed by atoms with E-state index in [2.05, 4.69) is 38.0 Å². The van der Waals surface area contributed by atoms with Crippen molar-refractivity contribution in [3.63, 3.8) is 0 Å². The molecule has 3 rings (SSSR count). The molecule has 2 heterocycles. The molecule has 1 aromatic carbocycles. The van der Waals surface area contributed by atoms with E-state index in [4.69, 9.17) is 5.73 Å². The molecule has 1 aliphatic heterocycles. The van der Waals surface area contributed by atoms with Crippen LogP contribution in [-0.4, -0.2) is 39.7 Å². The minimum absolute atomic E-state index is 0.0249. The van der Waals surface area contributed by atoms with Crippen LogP contribution in [0.25, 0.3) is 0 Å². The second kappa shape index (κ2) is 6.06. The zero-order chi connectivity index (χ0) is 17.5. The van der Waals surface area contributed by atoms with Gasteiger partial charge in [0.15, 0.2) is 0 Å². The molecule has 0 bridgehead atoms. The summed E-state index contributed by atoms with van der Waals surface area (Å²) < 4.78 is 1.91.